The maximum atomic E-state index is 10.9. The lowest BCUT2D eigenvalue weighted by molar-refractivity contribution is 0.0688. The highest BCUT2D eigenvalue weighted by Crippen LogP contribution is 2.21. The Morgan fingerprint density at radius 2 is 2.13 bits per heavy atom. The van der Waals surface area contributed by atoms with Crippen molar-refractivity contribution in [1.82, 2.24) is 9.97 Å². The van der Waals surface area contributed by atoms with Crippen molar-refractivity contribution in [3.8, 4) is 0 Å². The molecule has 0 aliphatic heterocycles. The second-order valence-corrected chi connectivity index (χ2v) is 4.10. The van der Waals surface area contributed by atoms with Gasteiger partial charge in [-0.3, -0.25) is 0 Å². The molecule has 15 heavy (non-hydrogen) atoms. The van der Waals surface area contributed by atoms with Gasteiger partial charge in [-0.25, -0.2) is 14.8 Å². The van der Waals surface area contributed by atoms with Crippen LogP contribution in [0.1, 0.15) is 48.9 Å². The van der Waals surface area contributed by atoms with Crippen LogP contribution in [0.4, 0.5) is 0 Å². The van der Waals surface area contributed by atoms with Crippen LogP contribution >= 0.6 is 15.9 Å². The molecule has 1 heterocycles. The summed E-state index contributed by atoms with van der Waals surface area (Å²) in [6, 6.07) is 0. The van der Waals surface area contributed by atoms with Gasteiger partial charge in [-0.15, -0.1) is 0 Å². The predicted molar refractivity (Wildman–Crippen MR) is 60.0 cm³/mol. The molecule has 0 aliphatic carbocycles. The Morgan fingerprint density at radius 3 is 2.60 bits per heavy atom. The van der Waals surface area contributed by atoms with E-state index in [-0.39, 0.29) is 11.6 Å². The molecule has 0 fully saturated rings. The third-order valence-electron chi connectivity index (χ3n) is 2.32. The topological polar surface area (TPSA) is 63.1 Å². The average molecular weight is 273 g/mol. The van der Waals surface area contributed by atoms with E-state index in [1.54, 1.807) is 0 Å². The van der Waals surface area contributed by atoms with Crippen molar-refractivity contribution in [1.29, 1.82) is 0 Å². The van der Waals surface area contributed by atoms with Crippen molar-refractivity contribution in [3.05, 3.63) is 22.2 Å². The van der Waals surface area contributed by atoms with Crippen LogP contribution in [0.5, 0.6) is 0 Å². The van der Waals surface area contributed by atoms with Gasteiger partial charge in [-0.05, 0) is 28.8 Å². The summed E-state index contributed by atoms with van der Waals surface area (Å²) in [6.07, 6.45) is 3.33. The highest BCUT2D eigenvalue weighted by molar-refractivity contribution is 9.10. The van der Waals surface area contributed by atoms with E-state index < -0.39 is 5.97 Å². The molecule has 0 spiro atoms. The first-order valence-corrected chi connectivity index (χ1v) is 5.65. The summed E-state index contributed by atoms with van der Waals surface area (Å²) in [4.78, 5) is 19.1. The molecule has 0 saturated carbocycles. The minimum atomic E-state index is -1.03. The standard InChI is InChI=1S/C10H13BrN2O2/c1-3-6(4-2)9-12-5-7(11)8(13-9)10(14)15/h5-6H,3-4H2,1-2H3,(H,14,15). The largest absolute Gasteiger partial charge is 0.476 e. The molecule has 0 saturated heterocycles. The zero-order valence-corrected chi connectivity index (χ0v) is 10.3. The van der Waals surface area contributed by atoms with E-state index >= 15 is 0 Å². The minimum Gasteiger partial charge on any atom is -0.476 e. The minimum absolute atomic E-state index is 0.0342. The van der Waals surface area contributed by atoms with Crippen molar-refractivity contribution in [2.75, 3.05) is 0 Å². The second kappa shape index (κ2) is 5.21. The lowest BCUT2D eigenvalue weighted by Gasteiger charge is -2.11. The Hall–Kier alpha value is -0.970. The van der Waals surface area contributed by atoms with Crippen molar-refractivity contribution >= 4 is 21.9 Å². The third-order valence-corrected chi connectivity index (χ3v) is 2.90. The molecule has 0 unspecified atom stereocenters. The SMILES string of the molecule is CCC(CC)c1ncc(Br)c(C(=O)O)n1. The van der Waals surface area contributed by atoms with Crippen molar-refractivity contribution in [3.63, 3.8) is 0 Å². The predicted octanol–water partition coefficient (Wildman–Crippen LogP) is 2.84. The summed E-state index contributed by atoms with van der Waals surface area (Å²) in [5, 5.41) is 8.90. The number of carboxylic acids is 1. The molecule has 4 nitrogen and oxygen atoms in total. The smallest absolute Gasteiger partial charge is 0.355 e. The number of aromatic carboxylic acids is 1. The fourth-order valence-corrected chi connectivity index (χ4v) is 1.74. The van der Waals surface area contributed by atoms with Gasteiger partial charge in [0.15, 0.2) is 5.69 Å². The van der Waals surface area contributed by atoms with Gasteiger partial charge in [0.2, 0.25) is 0 Å². The maximum Gasteiger partial charge on any atom is 0.355 e. The normalized spacial score (nSPS) is 10.7. The van der Waals surface area contributed by atoms with E-state index in [4.69, 9.17) is 5.11 Å². The van der Waals surface area contributed by atoms with E-state index in [1.165, 1.54) is 6.20 Å². The van der Waals surface area contributed by atoms with Gasteiger partial charge in [0.05, 0.1) is 4.47 Å². The van der Waals surface area contributed by atoms with Crippen LogP contribution in [0.25, 0.3) is 0 Å². The van der Waals surface area contributed by atoms with Crippen LogP contribution < -0.4 is 0 Å². The van der Waals surface area contributed by atoms with Crippen LogP contribution in [0.3, 0.4) is 0 Å². The van der Waals surface area contributed by atoms with Crippen molar-refractivity contribution in [2.45, 2.75) is 32.6 Å². The number of hydrogen-bond donors (Lipinski definition) is 1. The number of carbonyl (C=O) groups is 1. The van der Waals surface area contributed by atoms with Crippen LogP contribution in [-0.2, 0) is 0 Å². The second-order valence-electron chi connectivity index (χ2n) is 3.24. The first-order valence-electron chi connectivity index (χ1n) is 4.85. The van der Waals surface area contributed by atoms with Crippen LogP contribution in [-0.4, -0.2) is 21.0 Å². The highest BCUT2D eigenvalue weighted by Gasteiger charge is 2.16. The molecule has 1 N–H and O–H groups in total. The first-order chi connectivity index (χ1) is 7.10. The lowest BCUT2D eigenvalue weighted by atomic mass is 10.0. The van der Waals surface area contributed by atoms with Gasteiger partial charge in [0.25, 0.3) is 0 Å². The van der Waals surface area contributed by atoms with Crippen LogP contribution in [0.2, 0.25) is 0 Å². The molecule has 0 atom stereocenters. The molecule has 5 heteroatoms. The Balaban J connectivity index is 3.11. The van der Waals surface area contributed by atoms with Gasteiger partial charge in [0, 0.05) is 12.1 Å². The molecule has 0 bridgehead atoms. The highest BCUT2D eigenvalue weighted by atomic mass is 79.9. The Morgan fingerprint density at radius 1 is 1.53 bits per heavy atom. The fraction of sp³-hybridized carbons (Fsp3) is 0.500. The molecular formula is C10H13BrN2O2. The lowest BCUT2D eigenvalue weighted by Crippen LogP contribution is -2.09. The van der Waals surface area contributed by atoms with E-state index in [1.807, 2.05) is 13.8 Å². The number of nitrogens with zero attached hydrogens (tertiary/aromatic N) is 2. The van der Waals surface area contributed by atoms with Gasteiger partial charge >= 0.3 is 5.97 Å². The summed E-state index contributed by atoms with van der Waals surface area (Å²) in [5.41, 5.74) is 0.0342. The monoisotopic (exact) mass is 272 g/mol. The quantitative estimate of drug-likeness (QED) is 0.916. The van der Waals surface area contributed by atoms with E-state index in [2.05, 4.69) is 25.9 Å². The Labute approximate surface area is 96.9 Å². The number of halogens is 1. The molecule has 1 aromatic heterocycles. The van der Waals surface area contributed by atoms with Gasteiger partial charge in [0.1, 0.15) is 5.82 Å². The summed E-state index contributed by atoms with van der Waals surface area (Å²) >= 11 is 3.12. The summed E-state index contributed by atoms with van der Waals surface area (Å²) in [7, 11) is 0. The number of rotatable bonds is 4. The molecular weight excluding hydrogens is 260 g/mol. The summed E-state index contributed by atoms with van der Waals surface area (Å²) in [6.45, 7) is 4.08. The zero-order valence-electron chi connectivity index (χ0n) is 8.70. The molecule has 0 amide bonds. The van der Waals surface area contributed by atoms with E-state index in [9.17, 15) is 4.79 Å². The molecule has 0 radical (unpaired) electrons. The Kier molecular flexibility index (Phi) is 4.20. The number of hydrogen-bond acceptors (Lipinski definition) is 3. The zero-order chi connectivity index (χ0) is 11.4. The van der Waals surface area contributed by atoms with Crippen LogP contribution in [0.15, 0.2) is 10.7 Å². The summed E-state index contributed by atoms with van der Waals surface area (Å²) < 4.78 is 0.421. The summed E-state index contributed by atoms with van der Waals surface area (Å²) in [5.74, 6) is -0.187. The van der Waals surface area contributed by atoms with Gasteiger partial charge < -0.3 is 5.11 Å². The maximum absolute atomic E-state index is 10.9. The molecule has 82 valence electrons. The average Bonchev–Trinajstić information content (AvgIpc) is 2.21. The van der Waals surface area contributed by atoms with Crippen molar-refractivity contribution in [2.24, 2.45) is 0 Å². The molecule has 1 rings (SSSR count). The molecule has 0 aliphatic rings. The van der Waals surface area contributed by atoms with Crippen LogP contribution in [0, 0.1) is 0 Å². The van der Waals surface area contributed by atoms with E-state index in [0.717, 1.165) is 12.8 Å². The Bertz CT molecular complexity index is 364. The fourth-order valence-electron chi connectivity index (χ4n) is 1.38. The number of carboxylic acid groups (broad SMARTS) is 1. The van der Waals surface area contributed by atoms with Gasteiger partial charge in [-0.2, -0.15) is 0 Å². The molecule has 1 aromatic rings. The van der Waals surface area contributed by atoms with Gasteiger partial charge in [-0.1, -0.05) is 13.8 Å². The molecule has 0 aromatic carbocycles. The first kappa shape index (κ1) is 12.1. The number of aromatic nitrogens is 2. The van der Waals surface area contributed by atoms with Crippen molar-refractivity contribution < 1.29 is 9.90 Å². The third kappa shape index (κ3) is 2.75. The van der Waals surface area contributed by atoms with E-state index in [0.29, 0.717) is 10.3 Å².